The molecule has 0 spiro atoms. The largest absolute Gasteiger partial charge is 1.00 e. The number of benzene rings is 2. The topological polar surface area (TPSA) is 101 Å². The fraction of sp³-hybridized carbons (Fsp3) is 0. The van der Waals surface area contributed by atoms with Crippen molar-refractivity contribution in [2.75, 3.05) is 0 Å². The van der Waals surface area contributed by atoms with Crippen molar-refractivity contribution in [3.05, 3.63) is 41.5 Å². The van der Waals surface area contributed by atoms with Crippen LogP contribution in [0.5, 0.6) is 0 Å². The third kappa shape index (κ3) is 2.17. The SMILES string of the molecule is O=C1OC(=O)c2ccc(S(=O)(=O)[O-])c3cccc1c23.[Na+]. The van der Waals surface area contributed by atoms with Gasteiger partial charge in [0, 0.05) is 10.8 Å². The minimum absolute atomic E-state index is 0. The van der Waals surface area contributed by atoms with Crippen LogP contribution in [-0.2, 0) is 14.9 Å². The van der Waals surface area contributed by atoms with Gasteiger partial charge in [-0.25, -0.2) is 18.0 Å². The van der Waals surface area contributed by atoms with Crippen molar-refractivity contribution in [1.82, 2.24) is 0 Å². The molecule has 0 N–H and O–H groups in total. The van der Waals surface area contributed by atoms with E-state index < -0.39 is 27.0 Å². The zero-order chi connectivity index (χ0) is 13.8. The summed E-state index contributed by atoms with van der Waals surface area (Å²) in [6.45, 7) is 0. The number of cyclic esters (lactones) is 2. The molecule has 2 aromatic carbocycles. The Labute approximate surface area is 135 Å². The normalized spacial score (nSPS) is 13.8. The Kier molecular flexibility index (Phi) is 3.74. The fourth-order valence-electron chi connectivity index (χ4n) is 2.13. The second-order valence-electron chi connectivity index (χ2n) is 3.97. The maximum atomic E-state index is 11.6. The molecule has 2 aromatic rings. The average Bonchev–Trinajstić information content (AvgIpc) is 2.33. The number of hydrogen-bond donors (Lipinski definition) is 0. The molecule has 1 aliphatic rings. The van der Waals surface area contributed by atoms with Crippen molar-refractivity contribution in [1.29, 1.82) is 0 Å². The molecule has 3 rings (SSSR count). The molecule has 0 bridgehead atoms. The van der Waals surface area contributed by atoms with Gasteiger partial charge in [-0.1, -0.05) is 12.1 Å². The van der Waals surface area contributed by atoms with E-state index >= 15 is 0 Å². The summed E-state index contributed by atoms with van der Waals surface area (Å²) in [5, 5.41) is 0.190. The van der Waals surface area contributed by atoms with Crippen LogP contribution in [-0.4, -0.2) is 24.9 Å². The Morgan fingerprint density at radius 1 is 0.950 bits per heavy atom. The molecule has 0 saturated heterocycles. The molecule has 0 saturated carbocycles. The summed E-state index contributed by atoms with van der Waals surface area (Å²) in [6.07, 6.45) is 0. The third-order valence-electron chi connectivity index (χ3n) is 2.90. The number of carbonyl (C=O) groups is 2. The molecule has 0 aromatic heterocycles. The van der Waals surface area contributed by atoms with Gasteiger partial charge in [0.15, 0.2) is 0 Å². The minimum atomic E-state index is -4.70. The zero-order valence-corrected chi connectivity index (χ0v) is 13.1. The Balaban J connectivity index is 0.00000147. The van der Waals surface area contributed by atoms with Gasteiger partial charge in [-0.3, -0.25) is 0 Å². The monoisotopic (exact) mass is 300 g/mol. The quantitative estimate of drug-likeness (QED) is 0.263. The molecule has 0 amide bonds. The predicted octanol–water partition coefficient (Wildman–Crippen LogP) is -1.94. The van der Waals surface area contributed by atoms with Gasteiger partial charge >= 0.3 is 41.5 Å². The molecule has 0 atom stereocenters. The second kappa shape index (κ2) is 4.94. The van der Waals surface area contributed by atoms with E-state index in [9.17, 15) is 22.6 Å². The summed E-state index contributed by atoms with van der Waals surface area (Å²) >= 11 is 0. The summed E-state index contributed by atoms with van der Waals surface area (Å²) < 4.78 is 38.1. The van der Waals surface area contributed by atoms with Gasteiger partial charge in [0.05, 0.1) is 16.0 Å². The number of rotatable bonds is 1. The van der Waals surface area contributed by atoms with Gasteiger partial charge < -0.3 is 9.29 Å². The number of hydrogen-bond acceptors (Lipinski definition) is 6. The third-order valence-corrected chi connectivity index (χ3v) is 3.79. The molecule has 1 heterocycles. The molecular weight excluding hydrogens is 295 g/mol. The van der Waals surface area contributed by atoms with Gasteiger partial charge in [0.2, 0.25) is 0 Å². The first-order valence-corrected chi connectivity index (χ1v) is 6.58. The van der Waals surface area contributed by atoms with Crippen molar-refractivity contribution in [3.63, 3.8) is 0 Å². The molecule has 8 heteroatoms. The first-order chi connectivity index (χ1) is 8.89. The second-order valence-corrected chi connectivity index (χ2v) is 5.32. The van der Waals surface area contributed by atoms with Crippen LogP contribution in [0.25, 0.3) is 10.8 Å². The molecule has 1 aliphatic heterocycles. The molecule has 96 valence electrons. The van der Waals surface area contributed by atoms with E-state index in [1.54, 1.807) is 0 Å². The van der Waals surface area contributed by atoms with Gasteiger partial charge in [-0.2, -0.15) is 0 Å². The fourth-order valence-corrected chi connectivity index (χ4v) is 2.81. The van der Waals surface area contributed by atoms with Crippen molar-refractivity contribution in [2.45, 2.75) is 4.90 Å². The summed E-state index contributed by atoms with van der Waals surface area (Å²) in [4.78, 5) is 22.7. The smallest absolute Gasteiger partial charge is 0.744 e. The van der Waals surface area contributed by atoms with Crippen molar-refractivity contribution < 1.29 is 56.9 Å². The van der Waals surface area contributed by atoms with Crippen LogP contribution in [0.4, 0.5) is 0 Å². The van der Waals surface area contributed by atoms with E-state index in [0.717, 1.165) is 6.07 Å². The average molecular weight is 300 g/mol. The van der Waals surface area contributed by atoms with E-state index in [2.05, 4.69) is 4.74 Å². The van der Waals surface area contributed by atoms with Crippen LogP contribution in [0.15, 0.2) is 35.2 Å². The van der Waals surface area contributed by atoms with Gasteiger partial charge in [0.25, 0.3) is 0 Å². The predicted molar refractivity (Wildman–Crippen MR) is 61.7 cm³/mol. The first kappa shape index (κ1) is 15.1. The van der Waals surface area contributed by atoms with Crippen LogP contribution < -0.4 is 29.6 Å². The minimum Gasteiger partial charge on any atom is -0.744 e. The maximum Gasteiger partial charge on any atom is 1.00 e. The molecule has 0 unspecified atom stereocenters. The Morgan fingerprint density at radius 2 is 1.55 bits per heavy atom. The van der Waals surface area contributed by atoms with Crippen molar-refractivity contribution in [3.8, 4) is 0 Å². The molecule has 0 radical (unpaired) electrons. The van der Waals surface area contributed by atoms with E-state index in [4.69, 9.17) is 0 Å². The Morgan fingerprint density at radius 3 is 2.15 bits per heavy atom. The number of ether oxygens (including phenoxy) is 1. The van der Waals surface area contributed by atoms with Gasteiger partial charge in [-0.05, 0) is 18.2 Å². The Bertz CT molecular complexity index is 835. The van der Waals surface area contributed by atoms with E-state index in [1.807, 2.05) is 0 Å². The Hall–Kier alpha value is -1.25. The zero-order valence-electron chi connectivity index (χ0n) is 10.2. The molecule has 0 aliphatic carbocycles. The number of esters is 2. The van der Waals surface area contributed by atoms with E-state index in [0.29, 0.717) is 0 Å². The van der Waals surface area contributed by atoms with E-state index in [1.165, 1.54) is 24.3 Å². The van der Waals surface area contributed by atoms with Crippen LogP contribution in [0.3, 0.4) is 0 Å². The van der Waals surface area contributed by atoms with Crippen LogP contribution >= 0.6 is 0 Å². The molecule has 6 nitrogen and oxygen atoms in total. The maximum absolute atomic E-state index is 11.6. The molecule has 20 heavy (non-hydrogen) atoms. The van der Waals surface area contributed by atoms with Crippen molar-refractivity contribution in [2.24, 2.45) is 0 Å². The molecular formula is C12H5NaO6S. The molecule has 0 fully saturated rings. The van der Waals surface area contributed by atoms with Crippen molar-refractivity contribution >= 4 is 32.8 Å². The van der Waals surface area contributed by atoms with Crippen LogP contribution in [0.1, 0.15) is 20.7 Å². The first-order valence-electron chi connectivity index (χ1n) is 5.18. The summed E-state index contributed by atoms with van der Waals surface area (Å²) in [6, 6.07) is 6.42. The summed E-state index contributed by atoms with van der Waals surface area (Å²) in [5.41, 5.74) is 0.134. The summed E-state index contributed by atoms with van der Waals surface area (Å²) in [7, 11) is -4.70. The van der Waals surface area contributed by atoms with Gasteiger partial charge in [-0.15, -0.1) is 0 Å². The van der Waals surface area contributed by atoms with Crippen LogP contribution in [0, 0.1) is 0 Å². The van der Waals surface area contributed by atoms with Crippen LogP contribution in [0.2, 0.25) is 0 Å². The summed E-state index contributed by atoms with van der Waals surface area (Å²) in [5.74, 6) is -1.72. The van der Waals surface area contributed by atoms with Gasteiger partial charge in [0.1, 0.15) is 10.1 Å². The van der Waals surface area contributed by atoms with E-state index in [-0.39, 0.29) is 51.5 Å². The number of carbonyl (C=O) groups excluding carboxylic acids is 2. The standard InChI is InChI=1S/C12H6O6S.Na/c13-11-7-3-1-2-6-9(19(15,16)17)5-4-8(10(6)7)12(14)18-11;/h1-5H,(H,15,16,17);/q;+1/p-1.